The summed E-state index contributed by atoms with van der Waals surface area (Å²) in [6.07, 6.45) is 0. The Morgan fingerprint density at radius 3 is 2.25 bits per heavy atom. The number of hydrogen-bond acceptors (Lipinski definition) is 2. The Morgan fingerprint density at radius 2 is 1.92 bits per heavy atom. The van der Waals surface area contributed by atoms with E-state index >= 15 is 0 Å². The molecule has 2 nitrogen and oxygen atoms in total. The van der Waals surface area contributed by atoms with Gasteiger partial charge in [-0.1, -0.05) is 33.5 Å². The molecule has 0 aromatic carbocycles. The van der Waals surface area contributed by atoms with Crippen LogP contribution in [0, 0.1) is 0 Å². The van der Waals surface area contributed by atoms with Gasteiger partial charge in [-0.15, -0.1) is 0 Å². The molecule has 0 aliphatic rings. The van der Waals surface area contributed by atoms with Crippen molar-refractivity contribution >= 4 is 20.3 Å². The molecule has 0 saturated heterocycles. The zero-order valence-electron chi connectivity index (χ0n) is 8.81. The molecule has 68 valence electrons. The average molecular weight is 168 g/mol. The highest BCUT2D eigenvalue weighted by atomic mass is 16.5. The second-order valence-corrected chi connectivity index (χ2v) is 4.31. The van der Waals surface area contributed by atoms with Crippen LogP contribution in [-0.4, -0.2) is 27.4 Å². The van der Waals surface area contributed by atoms with Crippen LogP contribution < -0.4 is 0 Å². The zero-order valence-corrected chi connectivity index (χ0v) is 8.81. The minimum absolute atomic E-state index is 0.108. The van der Waals surface area contributed by atoms with Crippen LogP contribution >= 0.6 is 0 Å². The lowest BCUT2D eigenvalue weighted by atomic mass is 9.26. The summed E-state index contributed by atoms with van der Waals surface area (Å²) in [5.41, 5.74) is 0. The molecule has 0 rings (SSSR count). The van der Waals surface area contributed by atoms with Crippen molar-refractivity contribution in [2.75, 3.05) is 7.11 Å². The van der Waals surface area contributed by atoms with Gasteiger partial charge in [0.15, 0.2) is 0 Å². The molecule has 0 aliphatic carbocycles. The van der Waals surface area contributed by atoms with Crippen molar-refractivity contribution in [3.63, 3.8) is 0 Å². The fraction of sp³-hybridized carbons (Fsp3) is 0.875. The van der Waals surface area contributed by atoms with Crippen LogP contribution in [-0.2, 0) is 9.53 Å². The normalized spacial score (nSPS) is 11.2. The van der Waals surface area contributed by atoms with Crippen molar-refractivity contribution in [2.45, 2.75) is 38.8 Å². The number of carbonyl (C=O) groups excluding carboxylic acids is 1. The first-order valence-electron chi connectivity index (χ1n) is 4.48. The fourth-order valence-electron chi connectivity index (χ4n) is 1.03. The summed E-state index contributed by atoms with van der Waals surface area (Å²) < 4.78 is 4.71. The molecular weight excluding hydrogens is 150 g/mol. The maximum absolute atomic E-state index is 11.2. The first kappa shape index (κ1) is 11.6. The minimum atomic E-state index is -0.320. The van der Waals surface area contributed by atoms with E-state index in [0.29, 0.717) is 5.82 Å². The van der Waals surface area contributed by atoms with Gasteiger partial charge in [-0.25, -0.2) is 0 Å². The summed E-state index contributed by atoms with van der Waals surface area (Å²) in [5, 5.41) is -0.320. The summed E-state index contributed by atoms with van der Waals surface area (Å²) in [5.74, 6) is 0.539. The van der Waals surface area contributed by atoms with Crippen LogP contribution in [0.1, 0.15) is 27.7 Å². The number of carbonyl (C=O) groups is 1. The summed E-state index contributed by atoms with van der Waals surface area (Å²) in [4.78, 5) is 11.2. The fourth-order valence-corrected chi connectivity index (χ4v) is 1.03. The van der Waals surface area contributed by atoms with Gasteiger partial charge in [0.1, 0.15) is 7.17 Å². The third-order valence-electron chi connectivity index (χ3n) is 2.08. The molecule has 0 saturated carbocycles. The quantitative estimate of drug-likeness (QED) is 0.461. The molecule has 0 spiro atoms. The van der Waals surface area contributed by atoms with Crippen LogP contribution in [0.5, 0.6) is 0 Å². The Morgan fingerprint density at radius 1 is 1.42 bits per heavy atom. The lowest BCUT2D eigenvalue weighted by Gasteiger charge is -2.20. The van der Waals surface area contributed by atoms with E-state index in [9.17, 15) is 4.79 Å². The maximum atomic E-state index is 11.2. The molecule has 0 aliphatic heterocycles. The molecule has 0 unspecified atom stereocenters. The van der Waals surface area contributed by atoms with Crippen molar-refractivity contribution < 1.29 is 9.53 Å². The lowest BCUT2D eigenvalue weighted by molar-refractivity contribution is -0.143. The van der Waals surface area contributed by atoms with Crippen LogP contribution in [0.2, 0.25) is 11.1 Å². The first-order chi connectivity index (χ1) is 5.40. The Labute approximate surface area is 76.5 Å². The second kappa shape index (κ2) is 4.58. The van der Waals surface area contributed by atoms with Gasteiger partial charge in [0.25, 0.3) is 0 Å². The zero-order chi connectivity index (χ0) is 9.78. The highest BCUT2D eigenvalue weighted by Crippen LogP contribution is 2.24. The predicted octanol–water partition coefficient (Wildman–Crippen LogP) is 0.974. The van der Waals surface area contributed by atoms with Crippen molar-refractivity contribution in [1.29, 1.82) is 0 Å². The van der Waals surface area contributed by atoms with Crippen LogP contribution in [0.15, 0.2) is 0 Å². The molecule has 0 fully saturated rings. The average Bonchev–Trinajstić information content (AvgIpc) is 1.99. The van der Waals surface area contributed by atoms with E-state index in [1.165, 1.54) is 7.11 Å². The van der Waals surface area contributed by atoms with E-state index in [2.05, 4.69) is 13.8 Å². The number of esters is 1. The molecule has 12 heavy (non-hydrogen) atoms. The summed E-state index contributed by atoms with van der Waals surface area (Å²) in [7, 11) is 3.42. The second-order valence-electron chi connectivity index (χ2n) is 4.31. The molecule has 0 aromatic heterocycles. The van der Waals surface area contributed by atoms with Gasteiger partial charge in [0.05, 0.1) is 14.3 Å². The number of hydrogen-bond donors (Lipinski definition) is 0. The number of ether oxygens (including phenoxy) is 1. The Hall–Kier alpha value is -0.400. The smallest absolute Gasteiger partial charge is 0.302 e. The van der Waals surface area contributed by atoms with Crippen LogP contribution in [0.25, 0.3) is 0 Å². The molecular formula is C8H18B2O2. The molecule has 0 bridgehead atoms. The lowest BCUT2D eigenvalue weighted by Crippen LogP contribution is -2.29. The van der Waals surface area contributed by atoms with Gasteiger partial charge in [-0.2, -0.15) is 0 Å². The van der Waals surface area contributed by atoms with Gasteiger partial charge < -0.3 is 4.74 Å². The van der Waals surface area contributed by atoms with E-state index in [1.54, 1.807) is 0 Å². The summed E-state index contributed by atoms with van der Waals surface area (Å²) >= 11 is 0. The molecule has 4 heteroatoms. The number of methoxy groups -OCH3 is 1. The van der Waals surface area contributed by atoms with Crippen molar-refractivity contribution in [3.8, 4) is 0 Å². The predicted molar refractivity (Wildman–Crippen MR) is 55.5 cm³/mol. The highest BCUT2D eigenvalue weighted by Gasteiger charge is 2.29. The van der Waals surface area contributed by atoms with Gasteiger partial charge in [-0.05, 0) is 0 Å². The van der Waals surface area contributed by atoms with E-state index in [1.807, 2.05) is 13.8 Å². The molecule has 0 aromatic rings. The third kappa shape index (κ3) is 3.84. The Balaban J connectivity index is 3.95. The third-order valence-corrected chi connectivity index (χ3v) is 2.08. The highest BCUT2D eigenvalue weighted by molar-refractivity contribution is 7.03. The van der Waals surface area contributed by atoms with Crippen molar-refractivity contribution in [2.24, 2.45) is 0 Å². The monoisotopic (exact) mass is 168 g/mol. The van der Waals surface area contributed by atoms with E-state index < -0.39 is 0 Å². The molecule has 0 heterocycles. The molecule has 0 radical (unpaired) electrons. The van der Waals surface area contributed by atoms with Gasteiger partial charge in [0.2, 0.25) is 0 Å². The number of rotatable bonds is 4. The van der Waals surface area contributed by atoms with Gasteiger partial charge >= 0.3 is 5.97 Å². The largest absolute Gasteiger partial charge is 0.469 e. The van der Waals surface area contributed by atoms with E-state index in [-0.39, 0.29) is 11.3 Å². The Bertz CT molecular complexity index is 155. The Kier molecular flexibility index (Phi) is 4.43. The SMILES string of the molecule is COC(=O)C(C)(C)BBC(C)C. The van der Waals surface area contributed by atoms with Crippen LogP contribution in [0.4, 0.5) is 0 Å². The van der Waals surface area contributed by atoms with E-state index in [0.717, 1.165) is 14.3 Å². The molecule has 0 amide bonds. The van der Waals surface area contributed by atoms with Crippen molar-refractivity contribution in [1.82, 2.24) is 0 Å². The minimum Gasteiger partial charge on any atom is -0.469 e. The molecule has 0 atom stereocenters. The maximum Gasteiger partial charge on any atom is 0.302 e. The topological polar surface area (TPSA) is 26.3 Å². The standard InChI is InChI=1S/C8H18B2O2/c1-6(2)9-10-8(3,4)7(11)12-5/h6,9-10H,1-5H3. The summed E-state index contributed by atoms with van der Waals surface area (Å²) in [6.45, 7) is 8.18. The molecule has 0 N–H and O–H groups in total. The van der Waals surface area contributed by atoms with Crippen molar-refractivity contribution in [3.05, 3.63) is 0 Å². The van der Waals surface area contributed by atoms with Gasteiger partial charge in [-0.3, -0.25) is 4.79 Å². The van der Waals surface area contributed by atoms with Gasteiger partial charge in [0, 0.05) is 5.31 Å². The summed E-state index contributed by atoms with van der Waals surface area (Å²) in [6, 6.07) is 0. The van der Waals surface area contributed by atoms with E-state index in [4.69, 9.17) is 4.74 Å². The van der Waals surface area contributed by atoms with Crippen LogP contribution in [0.3, 0.4) is 0 Å². The first-order valence-corrected chi connectivity index (χ1v) is 4.48.